The average molecular weight is 429 g/mol. The minimum atomic E-state index is -0.388. The van der Waals surface area contributed by atoms with E-state index in [0.29, 0.717) is 34.7 Å². The van der Waals surface area contributed by atoms with Gasteiger partial charge in [-0.1, -0.05) is 43.4 Å². The first-order valence-corrected chi connectivity index (χ1v) is 11.0. The number of halogens is 1. The van der Waals surface area contributed by atoms with E-state index >= 15 is 0 Å². The van der Waals surface area contributed by atoms with Crippen LogP contribution in [0.1, 0.15) is 38.2 Å². The Hall–Kier alpha value is -2.51. The van der Waals surface area contributed by atoms with Crippen LogP contribution in [0.2, 0.25) is 0 Å². The standard InChI is InChI=1S/C23H25FN2O3S/c1-15(2)16-8-10-17(11-9-16)29-14-21(27)26(13-18-5-4-12-28-18)23-25-22-19(24)6-3-7-20(22)30-23/h3,6-11,15,18H,4-5,12-14H2,1-2H3. The van der Waals surface area contributed by atoms with Crippen LogP contribution in [0.15, 0.2) is 42.5 Å². The minimum Gasteiger partial charge on any atom is -0.484 e. The van der Waals surface area contributed by atoms with Gasteiger partial charge < -0.3 is 9.47 Å². The number of carbonyl (C=O) groups excluding carboxylic acids is 1. The molecule has 0 radical (unpaired) electrons. The number of amides is 1. The van der Waals surface area contributed by atoms with Crippen molar-refractivity contribution >= 4 is 32.6 Å². The predicted molar refractivity (Wildman–Crippen MR) is 117 cm³/mol. The predicted octanol–water partition coefficient (Wildman–Crippen LogP) is 5.15. The molecule has 0 saturated carbocycles. The summed E-state index contributed by atoms with van der Waals surface area (Å²) in [4.78, 5) is 19.0. The molecule has 1 aliphatic rings. The first-order chi connectivity index (χ1) is 14.5. The number of thiazole rings is 1. The van der Waals surface area contributed by atoms with Crippen molar-refractivity contribution in [1.82, 2.24) is 4.98 Å². The molecule has 30 heavy (non-hydrogen) atoms. The summed E-state index contributed by atoms with van der Waals surface area (Å²) in [6.45, 7) is 5.22. The zero-order valence-electron chi connectivity index (χ0n) is 17.1. The molecule has 1 atom stereocenters. The van der Waals surface area contributed by atoms with E-state index in [1.807, 2.05) is 24.3 Å². The second kappa shape index (κ2) is 9.10. The van der Waals surface area contributed by atoms with Crippen molar-refractivity contribution < 1.29 is 18.7 Å². The van der Waals surface area contributed by atoms with E-state index in [1.165, 1.54) is 23.0 Å². The highest BCUT2D eigenvalue weighted by atomic mass is 32.1. The average Bonchev–Trinajstić information content (AvgIpc) is 3.41. The van der Waals surface area contributed by atoms with Crippen LogP contribution in [0, 0.1) is 5.82 Å². The maximum atomic E-state index is 14.1. The second-order valence-corrected chi connectivity index (χ2v) is 8.74. The van der Waals surface area contributed by atoms with Gasteiger partial charge in [0.1, 0.15) is 17.1 Å². The van der Waals surface area contributed by atoms with Gasteiger partial charge in [-0.15, -0.1) is 0 Å². The lowest BCUT2D eigenvalue weighted by Gasteiger charge is -2.23. The van der Waals surface area contributed by atoms with Crippen LogP contribution in [0.3, 0.4) is 0 Å². The molecule has 2 aromatic carbocycles. The Bertz CT molecular complexity index is 1010. The summed E-state index contributed by atoms with van der Waals surface area (Å²) in [6, 6.07) is 12.6. The molecule has 1 amide bonds. The number of rotatable bonds is 7. The van der Waals surface area contributed by atoms with Gasteiger partial charge >= 0.3 is 0 Å². The molecule has 1 aromatic heterocycles. The molecule has 4 rings (SSSR count). The number of fused-ring (bicyclic) bond motifs is 1. The highest BCUT2D eigenvalue weighted by Crippen LogP contribution is 2.31. The van der Waals surface area contributed by atoms with Gasteiger partial charge in [0.25, 0.3) is 5.91 Å². The number of aromatic nitrogens is 1. The fourth-order valence-electron chi connectivity index (χ4n) is 3.47. The number of hydrogen-bond acceptors (Lipinski definition) is 5. The molecule has 1 aliphatic heterocycles. The maximum absolute atomic E-state index is 14.1. The fourth-order valence-corrected chi connectivity index (χ4v) is 4.48. The number of anilines is 1. The molecule has 2 heterocycles. The molecule has 0 bridgehead atoms. The van der Waals surface area contributed by atoms with Crippen molar-refractivity contribution in [2.75, 3.05) is 24.7 Å². The first kappa shape index (κ1) is 20.8. The third kappa shape index (κ3) is 4.63. The maximum Gasteiger partial charge on any atom is 0.266 e. The Kier molecular flexibility index (Phi) is 6.29. The fraction of sp³-hybridized carbons (Fsp3) is 0.391. The molecular weight excluding hydrogens is 403 g/mol. The highest BCUT2D eigenvalue weighted by Gasteiger charge is 2.27. The topological polar surface area (TPSA) is 51.7 Å². The van der Waals surface area contributed by atoms with Crippen LogP contribution >= 0.6 is 11.3 Å². The Morgan fingerprint density at radius 1 is 1.30 bits per heavy atom. The molecule has 1 unspecified atom stereocenters. The number of hydrogen-bond donors (Lipinski definition) is 0. The first-order valence-electron chi connectivity index (χ1n) is 10.2. The molecule has 5 nitrogen and oxygen atoms in total. The zero-order valence-corrected chi connectivity index (χ0v) is 18.0. The number of nitrogens with zero attached hydrogens (tertiary/aromatic N) is 2. The molecule has 0 N–H and O–H groups in total. The van der Waals surface area contributed by atoms with Crippen molar-refractivity contribution in [2.24, 2.45) is 0 Å². The van der Waals surface area contributed by atoms with Crippen LogP contribution in [0.5, 0.6) is 5.75 Å². The number of carbonyl (C=O) groups is 1. The van der Waals surface area contributed by atoms with Gasteiger partial charge in [0.2, 0.25) is 0 Å². The minimum absolute atomic E-state index is 0.0452. The van der Waals surface area contributed by atoms with E-state index in [-0.39, 0.29) is 30.0 Å². The van der Waals surface area contributed by atoms with Gasteiger partial charge in [-0.25, -0.2) is 9.37 Å². The Labute approximate surface area is 179 Å². The summed E-state index contributed by atoms with van der Waals surface area (Å²) >= 11 is 1.30. The van der Waals surface area contributed by atoms with E-state index in [9.17, 15) is 9.18 Å². The Morgan fingerprint density at radius 2 is 2.10 bits per heavy atom. The molecule has 1 fully saturated rings. The summed E-state index contributed by atoms with van der Waals surface area (Å²) in [5, 5.41) is 0.467. The van der Waals surface area contributed by atoms with E-state index in [1.54, 1.807) is 17.0 Å². The normalized spacial score (nSPS) is 16.3. The molecule has 7 heteroatoms. The third-order valence-electron chi connectivity index (χ3n) is 5.21. The van der Waals surface area contributed by atoms with Gasteiger partial charge in [-0.05, 0) is 48.6 Å². The lowest BCUT2D eigenvalue weighted by molar-refractivity contribution is -0.120. The van der Waals surface area contributed by atoms with E-state index < -0.39 is 0 Å². The molecule has 158 valence electrons. The molecular formula is C23H25FN2O3S. The van der Waals surface area contributed by atoms with Crippen molar-refractivity contribution in [3.8, 4) is 5.75 Å². The second-order valence-electron chi connectivity index (χ2n) is 7.73. The Morgan fingerprint density at radius 3 is 2.77 bits per heavy atom. The van der Waals surface area contributed by atoms with Gasteiger partial charge in [-0.2, -0.15) is 0 Å². The molecule has 3 aromatic rings. The zero-order chi connectivity index (χ0) is 21.1. The summed E-state index contributed by atoms with van der Waals surface area (Å²) in [5.74, 6) is 0.459. The largest absolute Gasteiger partial charge is 0.484 e. The van der Waals surface area contributed by atoms with Crippen molar-refractivity contribution in [1.29, 1.82) is 0 Å². The highest BCUT2D eigenvalue weighted by molar-refractivity contribution is 7.22. The van der Waals surface area contributed by atoms with Crippen molar-refractivity contribution in [3.05, 3.63) is 53.8 Å². The smallest absolute Gasteiger partial charge is 0.266 e. The van der Waals surface area contributed by atoms with Gasteiger partial charge in [0.05, 0.1) is 17.3 Å². The Balaban J connectivity index is 1.52. The summed E-state index contributed by atoms with van der Waals surface area (Å²) in [7, 11) is 0. The molecule has 0 spiro atoms. The quantitative estimate of drug-likeness (QED) is 0.522. The molecule has 0 aliphatic carbocycles. The molecule has 1 saturated heterocycles. The van der Waals surface area contributed by atoms with Gasteiger partial charge in [-0.3, -0.25) is 9.69 Å². The van der Waals surface area contributed by atoms with Crippen LogP contribution in [-0.2, 0) is 9.53 Å². The van der Waals surface area contributed by atoms with Crippen molar-refractivity contribution in [3.63, 3.8) is 0 Å². The summed E-state index contributed by atoms with van der Waals surface area (Å²) in [6.07, 6.45) is 1.82. The van der Waals surface area contributed by atoms with E-state index in [0.717, 1.165) is 12.8 Å². The van der Waals surface area contributed by atoms with E-state index in [2.05, 4.69) is 18.8 Å². The van der Waals surface area contributed by atoms with Gasteiger partial charge in [0.15, 0.2) is 11.7 Å². The van der Waals surface area contributed by atoms with E-state index in [4.69, 9.17) is 9.47 Å². The lowest BCUT2D eigenvalue weighted by atomic mass is 10.0. The number of ether oxygens (including phenoxy) is 2. The number of benzene rings is 2. The van der Waals surface area contributed by atoms with Crippen LogP contribution in [0.25, 0.3) is 10.2 Å². The number of para-hydroxylation sites is 1. The SMILES string of the molecule is CC(C)c1ccc(OCC(=O)N(CC2CCCO2)c2nc3c(F)cccc3s2)cc1. The van der Waals surface area contributed by atoms with Crippen LogP contribution in [-0.4, -0.2) is 36.8 Å². The van der Waals surface area contributed by atoms with Crippen molar-refractivity contribution in [2.45, 2.75) is 38.7 Å². The van der Waals surface area contributed by atoms with Gasteiger partial charge in [0, 0.05) is 6.61 Å². The van der Waals surface area contributed by atoms with Crippen LogP contribution in [0.4, 0.5) is 9.52 Å². The lowest BCUT2D eigenvalue weighted by Crippen LogP contribution is -2.40. The summed E-state index contributed by atoms with van der Waals surface area (Å²) in [5.41, 5.74) is 1.50. The monoisotopic (exact) mass is 428 g/mol. The van der Waals surface area contributed by atoms with Crippen LogP contribution < -0.4 is 9.64 Å². The summed E-state index contributed by atoms with van der Waals surface area (Å²) < 4.78 is 26.3. The third-order valence-corrected chi connectivity index (χ3v) is 6.25.